The minimum absolute atomic E-state index is 0.0848. The van der Waals surface area contributed by atoms with Crippen LogP contribution in [0.3, 0.4) is 0 Å². The second-order valence-electron chi connectivity index (χ2n) is 2.50. The van der Waals surface area contributed by atoms with Crippen molar-refractivity contribution in [1.29, 1.82) is 0 Å². The summed E-state index contributed by atoms with van der Waals surface area (Å²) in [6.45, 7) is 0. The Morgan fingerprint density at radius 1 is 1.57 bits per heavy atom. The van der Waals surface area contributed by atoms with Crippen LogP contribution in [0.2, 0.25) is 5.02 Å². The minimum atomic E-state index is -0.208. The Hall–Kier alpha value is -0.250. The van der Waals surface area contributed by atoms with Crippen LogP contribution in [-0.2, 0) is 0 Å². The Labute approximate surface area is 100 Å². The predicted molar refractivity (Wildman–Crippen MR) is 60.8 cm³/mol. The van der Waals surface area contributed by atoms with Gasteiger partial charge in [0.05, 0.1) is 22.5 Å². The van der Waals surface area contributed by atoms with Crippen molar-refractivity contribution in [1.82, 2.24) is 0 Å². The second kappa shape index (κ2) is 5.01. The van der Waals surface area contributed by atoms with Gasteiger partial charge in [-0.25, -0.2) is 0 Å². The molecule has 5 heteroatoms. The van der Waals surface area contributed by atoms with Gasteiger partial charge in [-0.1, -0.05) is 11.6 Å². The van der Waals surface area contributed by atoms with Gasteiger partial charge in [0.15, 0.2) is 5.78 Å². The Kier molecular flexibility index (Phi) is 4.23. The van der Waals surface area contributed by atoms with Crippen LogP contribution < -0.4 is 4.74 Å². The molecule has 0 aliphatic heterocycles. The Bertz CT molecular complexity index is 366. The second-order valence-corrected chi connectivity index (χ2v) is 3.94. The summed E-state index contributed by atoms with van der Waals surface area (Å²) >= 11 is 14.6. The normalized spacial score (nSPS) is 10.0. The molecule has 0 aliphatic carbocycles. The number of carbonyl (C=O) groups is 1. The molecule has 2 nitrogen and oxygen atoms in total. The number of alkyl halides is 1. The fourth-order valence-electron chi connectivity index (χ4n) is 0.977. The van der Waals surface area contributed by atoms with E-state index in [2.05, 4.69) is 15.9 Å². The number of hydrogen-bond donors (Lipinski definition) is 0. The van der Waals surface area contributed by atoms with Gasteiger partial charge in [0, 0.05) is 5.56 Å². The summed E-state index contributed by atoms with van der Waals surface area (Å²) in [5, 5.41) is 0.329. The van der Waals surface area contributed by atoms with E-state index in [1.54, 1.807) is 12.1 Å². The minimum Gasteiger partial charge on any atom is -0.496 e. The first kappa shape index (κ1) is 11.8. The van der Waals surface area contributed by atoms with Crippen LogP contribution >= 0.6 is 39.1 Å². The third-order valence-electron chi connectivity index (χ3n) is 1.69. The molecule has 0 saturated heterocycles. The highest BCUT2D eigenvalue weighted by Crippen LogP contribution is 2.34. The number of carbonyl (C=O) groups excluding carboxylic acids is 1. The molecule has 0 atom stereocenters. The maximum Gasteiger partial charge on any atom is 0.179 e. The van der Waals surface area contributed by atoms with Crippen molar-refractivity contribution in [2.45, 2.75) is 0 Å². The maximum atomic E-state index is 11.3. The molecule has 0 spiro atoms. The summed E-state index contributed by atoms with van der Waals surface area (Å²) in [4.78, 5) is 11.3. The zero-order chi connectivity index (χ0) is 10.7. The zero-order valence-corrected chi connectivity index (χ0v) is 10.4. The van der Waals surface area contributed by atoms with Crippen LogP contribution in [0.5, 0.6) is 5.75 Å². The van der Waals surface area contributed by atoms with E-state index >= 15 is 0 Å². The first-order chi connectivity index (χ1) is 6.61. The molecule has 0 saturated carbocycles. The number of rotatable bonds is 3. The number of hydrogen-bond acceptors (Lipinski definition) is 2. The lowest BCUT2D eigenvalue weighted by Crippen LogP contribution is -2.02. The highest BCUT2D eigenvalue weighted by atomic mass is 79.9. The van der Waals surface area contributed by atoms with Gasteiger partial charge < -0.3 is 4.74 Å². The van der Waals surface area contributed by atoms with E-state index < -0.39 is 0 Å². The number of methoxy groups -OCH3 is 1. The summed E-state index contributed by atoms with van der Waals surface area (Å²) in [7, 11) is 1.53. The average Bonchev–Trinajstić information content (AvgIpc) is 2.21. The fraction of sp³-hybridized carbons (Fsp3) is 0.222. The molecule has 76 valence electrons. The molecule has 1 rings (SSSR count). The maximum absolute atomic E-state index is 11.3. The van der Waals surface area contributed by atoms with Crippen molar-refractivity contribution in [3.05, 3.63) is 27.2 Å². The van der Waals surface area contributed by atoms with Crippen LogP contribution in [-0.4, -0.2) is 18.8 Å². The van der Waals surface area contributed by atoms with E-state index in [-0.39, 0.29) is 11.7 Å². The van der Waals surface area contributed by atoms with Crippen molar-refractivity contribution in [2.75, 3.05) is 13.0 Å². The molecule has 0 N–H and O–H groups in total. The van der Waals surface area contributed by atoms with Crippen molar-refractivity contribution < 1.29 is 9.53 Å². The smallest absolute Gasteiger partial charge is 0.179 e. The Morgan fingerprint density at radius 2 is 2.21 bits per heavy atom. The molecule has 0 bridgehead atoms. The lowest BCUT2D eigenvalue weighted by atomic mass is 10.1. The molecular weight excluding hydrogens is 291 g/mol. The lowest BCUT2D eigenvalue weighted by Gasteiger charge is -2.07. The highest BCUT2D eigenvalue weighted by Gasteiger charge is 2.14. The van der Waals surface area contributed by atoms with Crippen molar-refractivity contribution in [3.8, 4) is 5.75 Å². The van der Waals surface area contributed by atoms with Gasteiger partial charge in [-0.3, -0.25) is 4.79 Å². The number of halogens is 3. The average molecular weight is 298 g/mol. The van der Waals surface area contributed by atoms with Crippen LogP contribution in [0, 0.1) is 0 Å². The van der Waals surface area contributed by atoms with Crippen LogP contribution in [0.4, 0.5) is 0 Å². The quantitative estimate of drug-likeness (QED) is 0.630. The molecule has 14 heavy (non-hydrogen) atoms. The largest absolute Gasteiger partial charge is 0.496 e. The molecule has 0 aliphatic rings. The molecule has 0 heterocycles. The van der Waals surface area contributed by atoms with E-state index in [1.807, 2.05) is 0 Å². The van der Waals surface area contributed by atoms with Gasteiger partial charge in [-0.15, -0.1) is 11.6 Å². The van der Waals surface area contributed by atoms with E-state index in [1.165, 1.54) is 7.11 Å². The summed E-state index contributed by atoms with van der Waals surface area (Å²) < 4.78 is 5.59. The van der Waals surface area contributed by atoms with Crippen LogP contribution in [0.15, 0.2) is 16.6 Å². The van der Waals surface area contributed by atoms with Gasteiger partial charge in [-0.05, 0) is 28.1 Å². The zero-order valence-electron chi connectivity index (χ0n) is 7.31. The molecule has 1 aromatic carbocycles. The molecule has 1 aromatic rings. The van der Waals surface area contributed by atoms with E-state index in [0.717, 1.165) is 0 Å². The Morgan fingerprint density at radius 3 is 2.71 bits per heavy atom. The summed E-state index contributed by atoms with van der Waals surface area (Å²) in [5.41, 5.74) is 0.398. The highest BCUT2D eigenvalue weighted by molar-refractivity contribution is 9.10. The molecule has 0 amide bonds. The monoisotopic (exact) mass is 296 g/mol. The summed E-state index contributed by atoms with van der Waals surface area (Å²) in [6, 6.07) is 3.26. The van der Waals surface area contributed by atoms with E-state index in [0.29, 0.717) is 20.8 Å². The Balaban J connectivity index is 3.24. The van der Waals surface area contributed by atoms with Gasteiger partial charge >= 0.3 is 0 Å². The first-order valence-electron chi connectivity index (χ1n) is 3.73. The summed E-state index contributed by atoms with van der Waals surface area (Å²) in [6.07, 6.45) is 0. The van der Waals surface area contributed by atoms with E-state index in [9.17, 15) is 4.79 Å². The van der Waals surface area contributed by atoms with Gasteiger partial charge in [0.25, 0.3) is 0 Å². The van der Waals surface area contributed by atoms with Crippen molar-refractivity contribution >= 4 is 44.9 Å². The number of benzene rings is 1. The fourth-order valence-corrected chi connectivity index (χ4v) is 1.89. The van der Waals surface area contributed by atoms with Crippen LogP contribution in [0.25, 0.3) is 0 Å². The third kappa shape index (κ3) is 2.22. The number of ether oxygens (including phenoxy) is 1. The first-order valence-corrected chi connectivity index (χ1v) is 5.43. The summed E-state index contributed by atoms with van der Waals surface area (Å²) in [5.74, 6) is 0.291. The third-order valence-corrected chi connectivity index (χ3v) is 3.34. The lowest BCUT2D eigenvalue weighted by molar-refractivity contribution is 0.102. The molecular formula is C9H7BrCl2O2. The van der Waals surface area contributed by atoms with Crippen molar-refractivity contribution in [2.24, 2.45) is 0 Å². The standard InChI is InChI=1S/C9H7BrCl2O2/c1-14-7-3-2-5(6(13)4-11)9(12)8(7)10/h2-3H,4H2,1H3. The molecule has 0 unspecified atom stereocenters. The topological polar surface area (TPSA) is 26.3 Å². The van der Waals surface area contributed by atoms with Gasteiger partial charge in [0.2, 0.25) is 0 Å². The number of Topliss-reactive ketones (excluding diaryl/α,β-unsaturated/α-hetero) is 1. The van der Waals surface area contributed by atoms with Crippen LogP contribution in [0.1, 0.15) is 10.4 Å². The molecule has 0 fully saturated rings. The van der Waals surface area contributed by atoms with E-state index in [4.69, 9.17) is 27.9 Å². The molecule has 0 aromatic heterocycles. The van der Waals surface area contributed by atoms with Gasteiger partial charge in [-0.2, -0.15) is 0 Å². The van der Waals surface area contributed by atoms with Gasteiger partial charge in [0.1, 0.15) is 5.75 Å². The molecule has 0 radical (unpaired) electrons. The van der Waals surface area contributed by atoms with Crippen molar-refractivity contribution in [3.63, 3.8) is 0 Å². The SMILES string of the molecule is COc1ccc(C(=O)CCl)c(Cl)c1Br. The predicted octanol–water partition coefficient (Wildman–Crippen LogP) is 3.53. The number of ketones is 1.